The number of fused-ring (bicyclic) bond motifs is 2. The first-order valence-corrected chi connectivity index (χ1v) is 6.74. The fourth-order valence-corrected chi connectivity index (χ4v) is 2.65. The van der Waals surface area contributed by atoms with Gasteiger partial charge in [0, 0.05) is 23.9 Å². The van der Waals surface area contributed by atoms with Crippen molar-refractivity contribution in [2.45, 2.75) is 13.0 Å². The molecule has 1 atom stereocenters. The summed E-state index contributed by atoms with van der Waals surface area (Å²) in [5.74, 6) is 0.582. The maximum atomic E-state index is 12.1. The standard InChI is InChI=1S/C16H13N3O2/c1-9-17-13-8-10(6-7-14(13)21-9)18-15-11-4-2-3-5-12(11)19-16(15)20/h2-8,15,18H,1H3,(H,19,20). The van der Waals surface area contributed by atoms with Gasteiger partial charge in [-0.15, -0.1) is 0 Å². The molecule has 0 fully saturated rings. The lowest BCUT2D eigenvalue weighted by Gasteiger charge is -2.12. The highest BCUT2D eigenvalue weighted by atomic mass is 16.3. The van der Waals surface area contributed by atoms with Crippen molar-refractivity contribution in [1.82, 2.24) is 4.98 Å². The summed E-state index contributed by atoms with van der Waals surface area (Å²) in [5.41, 5.74) is 4.18. The molecule has 1 aromatic heterocycles. The summed E-state index contributed by atoms with van der Waals surface area (Å²) in [6.07, 6.45) is 0. The molecule has 5 nitrogen and oxygen atoms in total. The van der Waals surface area contributed by atoms with Gasteiger partial charge in [-0.25, -0.2) is 4.98 Å². The number of rotatable bonds is 2. The number of hydrogen-bond acceptors (Lipinski definition) is 4. The zero-order chi connectivity index (χ0) is 14.4. The summed E-state index contributed by atoms with van der Waals surface area (Å²) in [7, 11) is 0. The van der Waals surface area contributed by atoms with E-state index < -0.39 is 0 Å². The predicted molar refractivity (Wildman–Crippen MR) is 80.2 cm³/mol. The minimum Gasteiger partial charge on any atom is -0.441 e. The van der Waals surface area contributed by atoms with Crippen LogP contribution in [0.15, 0.2) is 46.9 Å². The van der Waals surface area contributed by atoms with E-state index >= 15 is 0 Å². The first kappa shape index (κ1) is 12.0. The molecule has 2 aromatic carbocycles. The van der Waals surface area contributed by atoms with E-state index in [1.807, 2.05) is 49.4 Å². The van der Waals surface area contributed by atoms with Gasteiger partial charge in [-0.3, -0.25) is 4.79 Å². The highest BCUT2D eigenvalue weighted by Crippen LogP contribution is 2.33. The van der Waals surface area contributed by atoms with Gasteiger partial charge in [0.1, 0.15) is 11.6 Å². The van der Waals surface area contributed by atoms with E-state index in [1.165, 1.54) is 0 Å². The van der Waals surface area contributed by atoms with Crippen molar-refractivity contribution in [3.8, 4) is 0 Å². The molecule has 1 aliphatic heterocycles. The van der Waals surface area contributed by atoms with Gasteiger partial charge in [0.15, 0.2) is 11.5 Å². The van der Waals surface area contributed by atoms with Crippen molar-refractivity contribution < 1.29 is 9.21 Å². The second-order valence-electron chi connectivity index (χ2n) is 5.07. The van der Waals surface area contributed by atoms with Crippen molar-refractivity contribution >= 4 is 28.4 Å². The van der Waals surface area contributed by atoms with Gasteiger partial charge in [-0.1, -0.05) is 18.2 Å². The number of aryl methyl sites for hydroxylation is 1. The number of nitrogens with zero attached hydrogens (tertiary/aromatic N) is 1. The largest absolute Gasteiger partial charge is 0.441 e. The molecule has 0 saturated heterocycles. The molecule has 21 heavy (non-hydrogen) atoms. The van der Waals surface area contributed by atoms with Gasteiger partial charge in [0.2, 0.25) is 0 Å². The molecule has 4 rings (SSSR count). The first-order valence-electron chi connectivity index (χ1n) is 6.74. The Morgan fingerprint density at radius 1 is 1.24 bits per heavy atom. The minimum atomic E-state index is -0.383. The van der Waals surface area contributed by atoms with Crippen LogP contribution in [-0.2, 0) is 4.79 Å². The number of anilines is 2. The highest BCUT2D eigenvalue weighted by Gasteiger charge is 2.29. The third-order valence-electron chi connectivity index (χ3n) is 3.60. The number of oxazole rings is 1. The molecule has 1 aliphatic rings. The van der Waals surface area contributed by atoms with Crippen molar-refractivity contribution in [2.24, 2.45) is 0 Å². The van der Waals surface area contributed by atoms with Crippen LogP contribution in [0, 0.1) is 6.92 Å². The molecule has 2 N–H and O–H groups in total. The molecule has 1 unspecified atom stereocenters. The van der Waals surface area contributed by atoms with Gasteiger partial charge < -0.3 is 15.1 Å². The van der Waals surface area contributed by atoms with Crippen LogP contribution < -0.4 is 10.6 Å². The second kappa shape index (κ2) is 4.34. The lowest BCUT2D eigenvalue weighted by Crippen LogP contribution is -2.19. The minimum absolute atomic E-state index is 0.0485. The van der Waals surface area contributed by atoms with E-state index in [4.69, 9.17) is 4.42 Å². The summed E-state index contributed by atoms with van der Waals surface area (Å²) in [6, 6.07) is 12.9. The van der Waals surface area contributed by atoms with E-state index in [2.05, 4.69) is 15.6 Å². The summed E-state index contributed by atoms with van der Waals surface area (Å²) in [4.78, 5) is 16.4. The van der Waals surface area contributed by atoms with Crippen molar-refractivity contribution in [1.29, 1.82) is 0 Å². The maximum absolute atomic E-state index is 12.1. The normalized spacial score (nSPS) is 16.8. The quantitative estimate of drug-likeness (QED) is 0.755. The molecule has 104 valence electrons. The zero-order valence-corrected chi connectivity index (χ0v) is 11.4. The van der Waals surface area contributed by atoms with E-state index in [-0.39, 0.29) is 11.9 Å². The highest BCUT2D eigenvalue weighted by molar-refractivity contribution is 6.04. The topological polar surface area (TPSA) is 67.2 Å². The van der Waals surface area contributed by atoms with Crippen molar-refractivity contribution in [3.63, 3.8) is 0 Å². The first-order chi connectivity index (χ1) is 10.2. The monoisotopic (exact) mass is 279 g/mol. The van der Waals surface area contributed by atoms with Crippen molar-refractivity contribution in [2.75, 3.05) is 10.6 Å². The lowest BCUT2D eigenvalue weighted by atomic mass is 10.1. The average Bonchev–Trinajstić information content (AvgIpc) is 2.98. The van der Waals surface area contributed by atoms with Gasteiger partial charge in [-0.2, -0.15) is 0 Å². The van der Waals surface area contributed by atoms with E-state index in [1.54, 1.807) is 0 Å². The molecular formula is C16H13N3O2. The lowest BCUT2D eigenvalue weighted by molar-refractivity contribution is -0.116. The summed E-state index contributed by atoms with van der Waals surface area (Å²) in [5, 5.41) is 6.13. The fraction of sp³-hybridized carbons (Fsp3) is 0.125. The SMILES string of the molecule is Cc1nc2cc(NC3C(=O)Nc4ccccc43)ccc2o1. The summed E-state index contributed by atoms with van der Waals surface area (Å²) >= 11 is 0. The smallest absolute Gasteiger partial charge is 0.251 e. The van der Waals surface area contributed by atoms with E-state index in [0.29, 0.717) is 5.89 Å². The predicted octanol–water partition coefficient (Wildman–Crippen LogP) is 3.24. The molecule has 0 aliphatic carbocycles. The van der Waals surface area contributed by atoms with Crippen LogP contribution in [0.25, 0.3) is 11.1 Å². The van der Waals surface area contributed by atoms with Crippen LogP contribution in [0.5, 0.6) is 0 Å². The third kappa shape index (κ3) is 1.94. The maximum Gasteiger partial charge on any atom is 0.251 e. The number of amides is 1. The summed E-state index contributed by atoms with van der Waals surface area (Å²) < 4.78 is 5.45. The van der Waals surface area contributed by atoms with Gasteiger partial charge in [0.25, 0.3) is 5.91 Å². The van der Waals surface area contributed by atoms with Crippen LogP contribution in [0.2, 0.25) is 0 Å². The molecule has 0 saturated carbocycles. The molecule has 3 aromatic rings. The number of benzene rings is 2. The van der Waals surface area contributed by atoms with E-state index in [0.717, 1.165) is 28.0 Å². The Labute approximate surface area is 121 Å². The number of hydrogen-bond donors (Lipinski definition) is 2. The summed E-state index contributed by atoms with van der Waals surface area (Å²) in [6.45, 7) is 1.81. The Morgan fingerprint density at radius 2 is 2.10 bits per heavy atom. The number of carbonyl (C=O) groups excluding carboxylic acids is 1. The molecule has 0 bridgehead atoms. The second-order valence-corrected chi connectivity index (χ2v) is 5.07. The number of carbonyl (C=O) groups is 1. The van der Waals surface area contributed by atoms with Crippen LogP contribution >= 0.6 is 0 Å². The molecule has 0 spiro atoms. The van der Waals surface area contributed by atoms with E-state index in [9.17, 15) is 4.79 Å². The van der Waals surface area contributed by atoms with Crippen molar-refractivity contribution in [3.05, 3.63) is 53.9 Å². The van der Waals surface area contributed by atoms with Gasteiger partial charge in [0.05, 0.1) is 0 Å². The van der Waals surface area contributed by atoms with Crippen LogP contribution in [-0.4, -0.2) is 10.9 Å². The Kier molecular flexibility index (Phi) is 2.47. The van der Waals surface area contributed by atoms with Crippen LogP contribution in [0.3, 0.4) is 0 Å². The number of nitrogens with one attached hydrogen (secondary N) is 2. The third-order valence-corrected chi connectivity index (χ3v) is 3.60. The number of para-hydroxylation sites is 1. The Morgan fingerprint density at radius 3 is 3.00 bits per heavy atom. The zero-order valence-electron chi connectivity index (χ0n) is 11.4. The van der Waals surface area contributed by atoms with Gasteiger partial charge >= 0.3 is 0 Å². The Balaban J connectivity index is 1.69. The molecule has 0 radical (unpaired) electrons. The molecular weight excluding hydrogens is 266 g/mol. The van der Waals surface area contributed by atoms with Gasteiger partial charge in [-0.05, 0) is 24.3 Å². The number of aromatic nitrogens is 1. The Hall–Kier alpha value is -2.82. The van der Waals surface area contributed by atoms with Crippen LogP contribution in [0.1, 0.15) is 17.5 Å². The Bertz CT molecular complexity index is 854. The molecule has 5 heteroatoms. The molecule has 2 heterocycles. The average molecular weight is 279 g/mol. The molecule has 1 amide bonds. The van der Waals surface area contributed by atoms with Crippen LogP contribution in [0.4, 0.5) is 11.4 Å². The fourth-order valence-electron chi connectivity index (χ4n) is 2.65.